The number of amides is 2. The van der Waals surface area contributed by atoms with Crippen LogP contribution in [-0.2, 0) is 4.79 Å². The maximum atomic E-state index is 12.3. The molecule has 1 aliphatic heterocycles. The molecule has 2 N–H and O–H groups in total. The third-order valence-corrected chi connectivity index (χ3v) is 3.74. The van der Waals surface area contributed by atoms with Gasteiger partial charge in [-0.1, -0.05) is 0 Å². The molecule has 1 atom stereocenters. The average molecular weight is 286 g/mol. The molecule has 0 saturated carbocycles. The summed E-state index contributed by atoms with van der Waals surface area (Å²) in [6, 6.07) is 6.74. The second kappa shape index (κ2) is 5.60. The van der Waals surface area contributed by atoms with Gasteiger partial charge in [0.1, 0.15) is 17.4 Å². The van der Waals surface area contributed by atoms with E-state index < -0.39 is 6.04 Å². The number of carbonyl (C=O) groups excluding carboxylic acids is 2. The number of rotatable bonds is 2. The fraction of sp³-hybridized carbons (Fsp3) is 0.375. The Balaban J connectivity index is 1.77. The van der Waals surface area contributed by atoms with Crippen molar-refractivity contribution in [3.8, 4) is 0 Å². The van der Waals surface area contributed by atoms with Crippen LogP contribution in [0.4, 0.5) is 0 Å². The summed E-state index contributed by atoms with van der Waals surface area (Å²) in [4.78, 5) is 24.2. The van der Waals surface area contributed by atoms with Crippen molar-refractivity contribution in [2.75, 3.05) is 6.54 Å². The second-order valence-corrected chi connectivity index (χ2v) is 5.42. The van der Waals surface area contributed by atoms with Crippen molar-refractivity contribution in [2.45, 2.75) is 32.2 Å². The first kappa shape index (κ1) is 13.7. The Morgan fingerprint density at radius 1 is 1.33 bits per heavy atom. The summed E-state index contributed by atoms with van der Waals surface area (Å²) >= 11 is 0. The number of aryl methyl sites for hydroxylation is 1. The Hall–Kier alpha value is -2.30. The van der Waals surface area contributed by atoms with Crippen LogP contribution in [0, 0.1) is 6.92 Å². The summed E-state index contributed by atoms with van der Waals surface area (Å²) in [5.74, 6) is 0.490. The fourth-order valence-corrected chi connectivity index (χ4v) is 2.64. The molecule has 2 aromatic rings. The normalized spacial score (nSPS) is 19.1. The third-order valence-electron chi connectivity index (χ3n) is 3.74. The number of carbonyl (C=O) groups is 2. The molecule has 1 aromatic heterocycles. The number of benzene rings is 1. The van der Waals surface area contributed by atoms with Crippen molar-refractivity contribution in [3.63, 3.8) is 0 Å². The zero-order valence-electron chi connectivity index (χ0n) is 11.9. The van der Waals surface area contributed by atoms with Gasteiger partial charge < -0.3 is 15.1 Å². The van der Waals surface area contributed by atoms with Crippen molar-refractivity contribution < 1.29 is 14.0 Å². The molecular formula is C16H18N2O3. The molecule has 0 bridgehead atoms. The Kier molecular flexibility index (Phi) is 3.64. The number of hydrogen-bond acceptors (Lipinski definition) is 3. The molecule has 0 spiro atoms. The Labute approximate surface area is 122 Å². The Bertz CT molecular complexity index is 690. The van der Waals surface area contributed by atoms with Crippen LogP contribution >= 0.6 is 0 Å². The smallest absolute Gasteiger partial charge is 0.251 e. The van der Waals surface area contributed by atoms with Gasteiger partial charge in [0.15, 0.2) is 0 Å². The topological polar surface area (TPSA) is 71.3 Å². The summed E-state index contributed by atoms with van der Waals surface area (Å²) in [5, 5.41) is 6.52. The summed E-state index contributed by atoms with van der Waals surface area (Å²) in [7, 11) is 0. The van der Waals surface area contributed by atoms with Crippen LogP contribution in [0.1, 0.15) is 35.4 Å². The van der Waals surface area contributed by atoms with Gasteiger partial charge >= 0.3 is 0 Å². The van der Waals surface area contributed by atoms with Crippen LogP contribution in [0.5, 0.6) is 0 Å². The van der Waals surface area contributed by atoms with Crippen LogP contribution in [0.25, 0.3) is 11.0 Å². The molecule has 0 unspecified atom stereocenters. The number of furan rings is 1. The zero-order valence-corrected chi connectivity index (χ0v) is 11.9. The van der Waals surface area contributed by atoms with Crippen molar-refractivity contribution in [3.05, 3.63) is 35.6 Å². The first-order valence-electron chi connectivity index (χ1n) is 7.22. The van der Waals surface area contributed by atoms with Crippen molar-refractivity contribution in [1.82, 2.24) is 10.6 Å². The fourth-order valence-electron chi connectivity index (χ4n) is 2.64. The summed E-state index contributed by atoms with van der Waals surface area (Å²) in [6.07, 6.45) is 2.58. The molecule has 1 saturated heterocycles. The molecule has 5 nitrogen and oxygen atoms in total. The van der Waals surface area contributed by atoms with Gasteiger partial charge in [0.05, 0.1) is 0 Å². The number of nitrogens with one attached hydrogen (secondary N) is 2. The van der Waals surface area contributed by atoms with Gasteiger partial charge in [-0.05, 0) is 50.5 Å². The van der Waals surface area contributed by atoms with Crippen LogP contribution < -0.4 is 10.6 Å². The maximum Gasteiger partial charge on any atom is 0.251 e. The van der Waals surface area contributed by atoms with Gasteiger partial charge in [0.25, 0.3) is 5.91 Å². The molecule has 110 valence electrons. The highest BCUT2D eigenvalue weighted by atomic mass is 16.3. The lowest BCUT2D eigenvalue weighted by Gasteiger charge is -2.15. The molecule has 2 amide bonds. The second-order valence-electron chi connectivity index (χ2n) is 5.42. The van der Waals surface area contributed by atoms with E-state index in [-0.39, 0.29) is 11.8 Å². The van der Waals surface area contributed by atoms with E-state index in [0.29, 0.717) is 18.5 Å². The van der Waals surface area contributed by atoms with Crippen LogP contribution in [0.3, 0.4) is 0 Å². The monoisotopic (exact) mass is 286 g/mol. The molecule has 1 fully saturated rings. The van der Waals surface area contributed by atoms with Crippen LogP contribution in [-0.4, -0.2) is 24.4 Å². The molecule has 0 aliphatic carbocycles. The standard InChI is InChI=1S/C16H18N2O3/c1-10-8-12-9-11(5-6-14(12)21-10)15(19)18-13-4-2-3-7-17-16(13)20/h5-6,8-9,13H,2-4,7H2,1H3,(H,17,20)(H,18,19)/t13-/m1/s1. The molecule has 0 radical (unpaired) electrons. The highest BCUT2D eigenvalue weighted by molar-refractivity contribution is 6.00. The molecule has 5 heteroatoms. The van der Waals surface area contributed by atoms with E-state index in [4.69, 9.17) is 4.42 Å². The van der Waals surface area contributed by atoms with E-state index in [0.717, 1.165) is 29.6 Å². The highest BCUT2D eigenvalue weighted by Crippen LogP contribution is 2.20. The predicted molar refractivity (Wildman–Crippen MR) is 79.1 cm³/mol. The lowest BCUT2D eigenvalue weighted by Crippen LogP contribution is -2.45. The highest BCUT2D eigenvalue weighted by Gasteiger charge is 2.23. The minimum absolute atomic E-state index is 0.0962. The SMILES string of the molecule is Cc1cc2cc(C(=O)N[C@@H]3CCCCNC3=O)ccc2o1. The van der Waals surface area contributed by atoms with Gasteiger partial charge in [-0.3, -0.25) is 9.59 Å². The summed E-state index contributed by atoms with van der Waals surface area (Å²) in [6.45, 7) is 2.56. The zero-order chi connectivity index (χ0) is 14.8. The summed E-state index contributed by atoms with van der Waals surface area (Å²) in [5.41, 5.74) is 1.30. The largest absolute Gasteiger partial charge is 0.461 e. The molecule has 3 rings (SSSR count). The molecule has 1 aliphatic rings. The minimum Gasteiger partial charge on any atom is -0.461 e. The van der Waals surface area contributed by atoms with E-state index in [1.807, 2.05) is 13.0 Å². The average Bonchev–Trinajstić information content (AvgIpc) is 2.72. The third kappa shape index (κ3) is 2.91. The van der Waals surface area contributed by atoms with E-state index in [1.165, 1.54) is 0 Å². The number of hydrogen-bond donors (Lipinski definition) is 2. The van der Waals surface area contributed by atoms with E-state index >= 15 is 0 Å². The van der Waals surface area contributed by atoms with E-state index in [1.54, 1.807) is 18.2 Å². The molecular weight excluding hydrogens is 268 g/mol. The minimum atomic E-state index is -0.443. The lowest BCUT2D eigenvalue weighted by molar-refractivity contribution is -0.122. The van der Waals surface area contributed by atoms with Gasteiger partial charge in [-0.25, -0.2) is 0 Å². The predicted octanol–water partition coefficient (Wildman–Crippen LogP) is 2.14. The summed E-state index contributed by atoms with van der Waals surface area (Å²) < 4.78 is 5.49. The quantitative estimate of drug-likeness (QED) is 0.888. The lowest BCUT2D eigenvalue weighted by atomic mass is 10.1. The van der Waals surface area contributed by atoms with Crippen molar-refractivity contribution >= 4 is 22.8 Å². The Morgan fingerprint density at radius 3 is 3.05 bits per heavy atom. The first-order chi connectivity index (χ1) is 10.1. The van der Waals surface area contributed by atoms with Crippen LogP contribution in [0.2, 0.25) is 0 Å². The maximum absolute atomic E-state index is 12.3. The van der Waals surface area contributed by atoms with Gasteiger partial charge in [0, 0.05) is 17.5 Å². The van der Waals surface area contributed by atoms with Crippen LogP contribution in [0.15, 0.2) is 28.7 Å². The van der Waals surface area contributed by atoms with Gasteiger partial charge in [0.2, 0.25) is 5.91 Å². The van der Waals surface area contributed by atoms with Crippen molar-refractivity contribution in [1.29, 1.82) is 0 Å². The first-order valence-corrected chi connectivity index (χ1v) is 7.22. The number of fused-ring (bicyclic) bond motifs is 1. The van der Waals surface area contributed by atoms with E-state index in [9.17, 15) is 9.59 Å². The molecule has 21 heavy (non-hydrogen) atoms. The molecule has 2 heterocycles. The van der Waals surface area contributed by atoms with Crippen molar-refractivity contribution in [2.24, 2.45) is 0 Å². The van der Waals surface area contributed by atoms with E-state index in [2.05, 4.69) is 10.6 Å². The van der Waals surface area contributed by atoms with Gasteiger partial charge in [-0.15, -0.1) is 0 Å². The van der Waals surface area contributed by atoms with Gasteiger partial charge in [-0.2, -0.15) is 0 Å². The molecule has 1 aromatic carbocycles. The Morgan fingerprint density at radius 2 is 2.19 bits per heavy atom.